The summed E-state index contributed by atoms with van der Waals surface area (Å²) in [5.74, 6) is -0.457. The van der Waals surface area contributed by atoms with Gasteiger partial charge in [-0.15, -0.1) is 0 Å². The van der Waals surface area contributed by atoms with Gasteiger partial charge in [-0.25, -0.2) is 4.79 Å². The van der Waals surface area contributed by atoms with Gasteiger partial charge in [0.15, 0.2) is 0 Å². The Morgan fingerprint density at radius 2 is 1.76 bits per heavy atom. The number of carbonyl (C=O) groups excluding carboxylic acids is 2. The second kappa shape index (κ2) is 8.99. The van der Waals surface area contributed by atoms with Gasteiger partial charge in [0.1, 0.15) is 12.2 Å². The number of hydrogen-bond donors (Lipinski definition) is 1. The fourth-order valence-corrected chi connectivity index (χ4v) is 3.49. The van der Waals surface area contributed by atoms with Gasteiger partial charge in [0.05, 0.1) is 5.56 Å². The van der Waals surface area contributed by atoms with E-state index in [0.717, 1.165) is 38.5 Å². The molecule has 1 saturated heterocycles. The molecule has 25 heavy (non-hydrogen) atoms. The Labute approximate surface area is 149 Å². The third-order valence-electron chi connectivity index (χ3n) is 4.91. The highest BCUT2D eigenvalue weighted by Gasteiger charge is 2.24. The Morgan fingerprint density at radius 1 is 1.00 bits per heavy atom. The molecular weight excluding hydrogens is 318 g/mol. The predicted molar refractivity (Wildman–Crippen MR) is 95.6 cm³/mol. The number of benzene rings is 1. The van der Waals surface area contributed by atoms with Crippen molar-refractivity contribution in [2.45, 2.75) is 70.0 Å². The highest BCUT2D eigenvalue weighted by atomic mass is 16.5. The molecule has 1 N–H and O–H groups in total. The molecule has 1 aliphatic carbocycles. The molecule has 3 rings (SSSR count). The molecule has 2 aliphatic rings. The van der Waals surface area contributed by atoms with E-state index in [9.17, 15) is 9.59 Å². The molecule has 1 saturated carbocycles. The first kappa shape index (κ1) is 17.9. The number of amides is 1. The van der Waals surface area contributed by atoms with Crippen LogP contribution in [0.2, 0.25) is 0 Å². The van der Waals surface area contributed by atoms with Gasteiger partial charge in [0, 0.05) is 12.3 Å². The van der Waals surface area contributed by atoms with Crippen LogP contribution >= 0.6 is 0 Å². The van der Waals surface area contributed by atoms with Gasteiger partial charge in [0.2, 0.25) is 0 Å². The standard InChI is InChI=1S/C20H27NO4/c22-19(18-12-7-13-24-18)21-16-9-6-8-15(14-16)20(23)25-17-10-4-2-1-3-5-11-17/h6,8-9,14,17-18H,1-5,7,10-13H2,(H,21,22)/t18-/m1/s1. The van der Waals surface area contributed by atoms with Crippen LogP contribution in [0.4, 0.5) is 5.69 Å². The van der Waals surface area contributed by atoms with Gasteiger partial charge in [-0.05, 0) is 56.7 Å². The highest BCUT2D eigenvalue weighted by Crippen LogP contribution is 2.22. The number of ether oxygens (including phenoxy) is 2. The largest absolute Gasteiger partial charge is 0.459 e. The molecule has 5 heteroatoms. The molecule has 0 bridgehead atoms. The topological polar surface area (TPSA) is 64.6 Å². The molecule has 1 aliphatic heterocycles. The van der Waals surface area contributed by atoms with E-state index in [1.54, 1.807) is 24.3 Å². The van der Waals surface area contributed by atoms with Crippen molar-refractivity contribution in [1.29, 1.82) is 0 Å². The van der Waals surface area contributed by atoms with Gasteiger partial charge in [0.25, 0.3) is 5.91 Å². The third-order valence-corrected chi connectivity index (χ3v) is 4.91. The van der Waals surface area contributed by atoms with Crippen LogP contribution in [0.5, 0.6) is 0 Å². The maximum Gasteiger partial charge on any atom is 0.338 e. The Hall–Kier alpha value is -1.88. The summed E-state index contributed by atoms with van der Waals surface area (Å²) in [6, 6.07) is 6.95. The minimum atomic E-state index is -0.384. The smallest absolute Gasteiger partial charge is 0.338 e. The SMILES string of the molecule is O=C(OC1CCCCCCC1)c1cccc(NC(=O)[C@H]2CCCO2)c1. The number of hydrogen-bond acceptors (Lipinski definition) is 4. The normalized spacial score (nSPS) is 22.0. The van der Waals surface area contributed by atoms with Crippen LogP contribution in [-0.4, -0.2) is 30.7 Å². The Bertz CT molecular complexity index is 587. The number of esters is 1. The lowest BCUT2D eigenvalue weighted by Gasteiger charge is -2.20. The maximum absolute atomic E-state index is 12.4. The summed E-state index contributed by atoms with van der Waals surface area (Å²) < 4.78 is 11.1. The molecule has 5 nitrogen and oxygen atoms in total. The van der Waals surface area contributed by atoms with E-state index < -0.39 is 0 Å². The summed E-state index contributed by atoms with van der Waals surface area (Å²) in [5.41, 5.74) is 1.08. The van der Waals surface area contributed by atoms with Crippen LogP contribution in [-0.2, 0) is 14.3 Å². The first-order chi connectivity index (χ1) is 12.2. The molecule has 136 valence electrons. The first-order valence-electron chi connectivity index (χ1n) is 9.46. The van der Waals surface area contributed by atoms with E-state index in [1.807, 2.05) is 0 Å². The van der Waals surface area contributed by atoms with Gasteiger partial charge in [-0.3, -0.25) is 4.79 Å². The van der Waals surface area contributed by atoms with E-state index in [4.69, 9.17) is 9.47 Å². The molecule has 1 atom stereocenters. The van der Waals surface area contributed by atoms with Crippen LogP contribution < -0.4 is 5.32 Å². The highest BCUT2D eigenvalue weighted by molar-refractivity contribution is 5.96. The molecule has 0 spiro atoms. The number of rotatable bonds is 4. The lowest BCUT2D eigenvalue weighted by molar-refractivity contribution is -0.124. The summed E-state index contributed by atoms with van der Waals surface area (Å²) in [6.45, 7) is 0.631. The lowest BCUT2D eigenvalue weighted by atomic mass is 9.98. The van der Waals surface area contributed by atoms with Crippen molar-refractivity contribution in [2.24, 2.45) is 0 Å². The van der Waals surface area contributed by atoms with E-state index in [2.05, 4.69) is 5.32 Å². The lowest BCUT2D eigenvalue weighted by Crippen LogP contribution is -2.27. The van der Waals surface area contributed by atoms with Crippen molar-refractivity contribution in [2.75, 3.05) is 11.9 Å². The van der Waals surface area contributed by atoms with Gasteiger partial charge < -0.3 is 14.8 Å². The minimum Gasteiger partial charge on any atom is -0.459 e. The predicted octanol–water partition coefficient (Wildman–Crippen LogP) is 4.07. The molecule has 1 aromatic rings. The quantitative estimate of drug-likeness (QED) is 0.835. The monoisotopic (exact) mass is 345 g/mol. The van der Waals surface area contributed by atoms with Crippen molar-refractivity contribution in [3.05, 3.63) is 29.8 Å². The van der Waals surface area contributed by atoms with Crippen LogP contribution in [0.1, 0.15) is 68.1 Å². The molecule has 0 radical (unpaired) electrons. The van der Waals surface area contributed by atoms with Gasteiger partial charge in [-0.2, -0.15) is 0 Å². The van der Waals surface area contributed by atoms with Crippen molar-refractivity contribution < 1.29 is 19.1 Å². The second-order valence-corrected chi connectivity index (χ2v) is 6.94. The van der Waals surface area contributed by atoms with Gasteiger partial charge in [-0.1, -0.05) is 25.3 Å². The zero-order chi connectivity index (χ0) is 17.5. The fraction of sp³-hybridized carbons (Fsp3) is 0.600. The van der Waals surface area contributed by atoms with Crippen LogP contribution in [0, 0.1) is 0 Å². The minimum absolute atomic E-state index is 0.0120. The molecule has 0 unspecified atom stereocenters. The zero-order valence-electron chi connectivity index (χ0n) is 14.7. The first-order valence-corrected chi connectivity index (χ1v) is 9.46. The third kappa shape index (κ3) is 5.30. The van der Waals surface area contributed by atoms with Crippen LogP contribution in [0.15, 0.2) is 24.3 Å². The Kier molecular flexibility index (Phi) is 6.45. The van der Waals surface area contributed by atoms with Crippen LogP contribution in [0.3, 0.4) is 0 Å². The second-order valence-electron chi connectivity index (χ2n) is 6.94. The van der Waals surface area contributed by atoms with Crippen molar-refractivity contribution in [3.8, 4) is 0 Å². The summed E-state index contributed by atoms with van der Waals surface area (Å²) >= 11 is 0. The van der Waals surface area contributed by atoms with E-state index in [0.29, 0.717) is 17.9 Å². The van der Waals surface area contributed by atoms with Crippen molar-refractivity contribution in [1.82, 2.24) is 0 Å². The van der Waals surface area contributed by atoms with Crippen molar-refractivity contribution in [3.63, 3.8) is 0 Å². The number of anilines is 1. The van der Waals surface area contributed by atoms with E-state index in [1.165, 1.54) is 19.3 Å². The molecule has 2 fully saturated rings. The van der Waals surface area contributed by atoms with E-state index >= 15 is 0 Å². The van der Waals surface area contributed by atoms with E-state index in [-0.39, 0.29) is 24.1 Å². The molecule has 1 heterocycles. The van der Waals surface area contributed by atoms with Crippen LogP contribution in [0.25, 0.3) is 0 Å². The summed E-state index contributed by atoms with van der Waals surface area (Å²) in [6.07, 6.45) is 9.14. The summed E-state index contributed by atoms with van der Waals surface area (Å²) in [4.78, 5) is 24.6. The molecule has 1 aromatic carbocycles. The van der Waals surface area contributed by atoms with Crippen molar-refractivity contribution >= 4 is 17.6 Å². The number of carbonyl (C=O) groups is 2. The average molecular weight is 345 g/mol. The number of nitrogens with one attached hydrogen (secondary N) is 1. The molecular formula is C20H27NO4. The fourth-order valence-electron chi connectivity index (χ4n) is 3.49. The molecule has 1 amide bonds. The summed E-state index contributed by atoms with van der Waals surface area (Å²) in [5, 5.41) is 2.83. The summed E-state index contributed by atoms with van der Waals surface area (Å²) in [7, 11) is 0. The maximum atomic E-state index is 12.4. The average Bonchev–Trinajstić information content (AvgIpc) is 3.12. The zero-order valence-corrected chi connectivity index (χ0v) is 14.7. The Balaban J connectivity index is 1.57. The Morgan fingerprint density at radius 3 is 2.48 bits per heavy atom. The molecule has 0 aromatic heterocycles. The van der Waals surface area contributed by atoms with Gasteiger partial charge >= 0.3 is 5.97 Å².